The molecule has 1 aliphatic rings. The maximum absolute atomic E-state index is 11.6. The summed E-state index contributed by atoms with van der Waals surface area (Å²) < 4.78 is 0. The smallest absolute Gasteiger partial charge is 0.549 e. The van der Waals surface area contributed by atoms with Crippen molar-refractivity contribution in [2.45, 2.75) is 200 Å². The normalized spacial score (nSPS) is 15.9. The second kappa shape index (κ2) is 44.3. The third kappa shape index (κ3) is 39.8. The summed E-state index contributed by atoms with van der Waals surface area (Å²) in [5.41, 5.74) is 0. The third-order valence-corrected chi connectivity index (χ3v) is 12.6. The number of unbranched alkanes of at least 4 members (excludes halogenated alkanes) is 26. The first-order chi connectivity index (χ1) is 29.6. The van der Waals surface area contributed by atoms with Crippen molar-refractivity contribution in [1.82, 2.24) is 24.5 Å². The van der Waals surface area contributed by atoms with Gasteiger partial charge in [0.05, 0.1) is 24.0 Å². The van der Waals surface area contributed by atoms with Gasteiger partial charge in [0.2, 0.25) is 0 Å². The van der Waals surface area contributed by atoms with Crippen LogP contribution in [0.3, 0.4) is 0 Å². The van der Waals surface area contributed by atoms with E-state index >= 15 is 0 Å². The van der Waals surface area contributed by atoms with Crippen LogP contribution in [0.5, 0.6) is 0 Å². The van der Waals surface area contributed by atoms with Crippen LogP contribution in [0, 0.1) is 39.9 Å². The number of nitrogens with zero attached hydrogens (tertiary/aromatic N) is 5. The van der Waals surface area contributed by atoms with Crippen LogP contribution in [0.2, 0.25) is 0 Å². The molecule has 13 heteroatoms. The molecular weight excluding hydrogens is 928 g/mol. The molecule has 12 nitrogen and oxygen atoms in total. The van der Waals surface area contributed by atoms with Crippen LogP contribution < -0.4 is 15.3 Å². The molecule has 0 spiro atoms. The van der Waals surface area contributed by atoms with E-state index < -0.39 is 24.0 Å². The van der Waals surface area contributed by atoms with Crippen LogP contribution in [0.15, 0.2) is 0 Å². The maximum atomic E-state index is 11.6. The van der Waals surface area contributed by atoms with Gasteiger partial charge in [-0.1, -0.05) is 181 Å². The fourth-order valence-electron chi connectivity index (χ4n) is 8.79. The minimum atomic E-state index is -1.24. The van der Waals surface area contributed by atoms with Crippen molar-refractivity contribution >= 4 is 17.9 Å². The van der Waals surface area contributed by atoms with Crippen LogP contribution in [-0.2, 0) is 14.4 Å². The molecule has 1 rings (SSSR count). The van der Waals surface area contributed by atoms with Gasteiger partial charge >= 0.3 is 39.9 Å². The van der Waals surface area contributed by atoms with Crippen LogP contribution >= 0.6 is 0 Å². The molecule has 0 aromatic carbocycles. The Morgan fingerprint density at radius 1 is 0.419 bits per heavy atom. The molecule has 1 unspecified atom stereocenters. The van der Waals surface area contributed by atoms with E-state index in [0.717, 1.165) is 25.9 Å². The summed E-state index contributed by atoms with van der Waals surface area (Å²) in [6.07, 6.45) is 36.5. The van der Waals surface area contributed by atoms with Gasteiger partial charge < -0.3 is 39.7 Å². The van der Waals surface area contributed by atoms with Crippen molar-refractivity contribution in [2.75, 3.05) is 98.2 Å². The molecule has 1 N–H and O–H groups in total. The van der Waals surface area contributed by atoms with Crippen molar-refractivity contribution in [2.24, 2.45) is 0 Å². The number of hydrogen-bond donors (Lipinski definition) is 1. The first-order valence-corrected chi connectivity index (χ1v) is 25.5. The largest absolute Gasteiger partial charge is 3.00 e. The maximum Gasteiger partial charge on any atom is 3.00 e. The Balaban J connectivity index is 0.0000372. The fraction of sp³-hybridized carbons (Fsp3) is 0.939. The summed E-state index contributed by atoms with van der Waals surface area (Å²) in [7, 11) is 0. The zero-order valence-corrected chi connectivity index (χ0v) is 42.2. The number of aliphatic carboxylic acids is 3. The van der Waals surface area contributed by atoms with Crippen LogP contribution in [0.1, 0.15) is 194 Å². The molecule has 1 heterocycles. The SMILES string of the molecule is CCCCCCCCCCCCCCCCN(CCCCCCCCCCCCCCCC)CC(O)CN1CCN(CC(=O)[O-])CCN(CC(=O)[O-])CCN(CC(=O)[O-])CC1.[Gd+3]. The van der Waals surface area contributed by atoms with Crippen LogP contribution in [0.25, 0.3) is 0 Å². The summed E-state index contributed by atoms with van der Waals surface area (Å²) in [5.74, 6) is -3.64. The number of carboxylic acid groups (broad SMARTS) is 3. The van der Waals surface area contributed by atoms with Crippen molar-refractivity contribution in [3.8, 4) is 0 Å². The minimum absolute atomic E-state index is 0. The quantitative estimate of drug-likeness (QED) is 0.0814. The minimum Gasteiger partial charge on any atom is -0.549 e. The average Bonchev–Trinajstić information content (AvgIpc) is 3.21. The molecule has 0 aromatic rings. The molecule has 0 saturated carbocycles. The molecule has 0 bridgehead atoms. The van der Waals surface area contributed by atoms with Crippen LogP contribution in [0.4, 0.5) is 0 Å². The van der Waals surface area contributed by atoms with E-state index in [1.54, 1.807) is 14.7 Å². The topological polar surface area (TPSA) is 157 Å². The van der Waals surface area contributed by atoms with E-state index in [2.05, 4.69) is 23.6 Å². The molecule has 1 atom stereocenters. The summed E-state index contributed by atoms with van der Waals surface area (Å²) >= 11 is 0. The summed E-state index contributed by atoms with van der Waals surface area (Å²) in [6.45, 7) is 9.48. The monoisotopic (exact) mass is 1020 g/mol. The van der Waals surface area contributed by atoms with Crippen molar-refractivity contribution in [3.05, 3.63) is 0 Å². The second-order valence-electron chi connectivity index (χ2n) is 18.4. The molecule has 0 aliphatic carbocycles. The molecule has 1 radical (unpaired) electrons. The van der Waals surface area contributed by atoms with E-state index in [0.29, 0.717) is 52.4 Å². The van der Waals surface area contributed by atoms with Crippen molar-refractivity contribution < 1.29 is 74.8 Å². The van der Waals surface area contributed by atoms with Crippen LogP contribution in [-0.4, -0.2) is 152 Å². The van der Waals surface area contributed by atoms with E-state index in [9.17, 15) is 34.8 Å². The van der Waals surface area contributed by atoms with Gasteiger partial charge in [-0.05, 0) is 25.9 Å². The number of carbonyl (C=O) groups is 3. The van der Waals surface area contributed by atoms with Gasteiger partial charge in [-0.25, -0.2) is 0 Å². The van der Waals surface area contributed by atoms with Gasteiger partial charge in [-0.2, -0.15) is 0 Å². The Kier molecular flexibility index (Phi) is 44.0. The van der Waals surface area contributed by atoms with Gasteiger partial charge in [0.15, 0.2) is 0 Å². The van der Waals surface area contributed by atoms with E-state index in [1.165, 1.54) is 167 Å². The standard InChI is InChI=1S/C49H97N5O7.Gd/c1-3-5-7-9-11-13-15-17-19-21-23-25-27-29-31-50(32-30-28-26-24-22-20-18-16-14-12-10-8-6-4-2)41-46(55)42-51-33-35-52(43-47(56)57)37-39-54(45-49(60)61)40-38-53(36-34-51)44-48(58)59;/h46,55H,3-45H2,1-2H3,(H,56,57)(H,58,59)(H,60,61);/q;+3/p-3. The number of aliphatic hydroxyl groups excluding tert-OH is 1. The Labute approximate surface area is 412 Å². The molecule has 62 heavy (non-hydrogen) atoms. The van der Waals surface area contributed by atoms with Gasteiger partial charge in [0.25, 0.3) is 0 Å². The predicted octanol–water partition coefficient (Wildman–Crippen LogP) is 5.08. The Morgan fingerprint density at radius 2 is 0.645 bits per heavy atom. The number of carbonyl (C=O) groups excluding carboxylic acids is 3. The molecule has 1 aliphatic heterocycles. The summed E-state index contributed by atoms with van der Waals surface area (Å²) in [4.78, 5) is 44.3. The molecule has 1 fully saturated rings. The average molecular weight is 1020 g/mol. The Morgan fingerprint density at radius 3 is 0.887 bits per heavy atom. The van der Waals surface area contributed by atoms with Gasteiger partial charge in [-0.15, -0.1) is 0 Å². The number of aliphatic hydroxyl groups is 1. The zero-order chi connectivity index (χ0) is 44.6. The van der Waals surface area contributed by atoms with E-state index in [4.69, 9.17) is 0 Å². The molecule has 1 saturated heterocycles. The number of hydrogen-bond acceptors (Lipinski definition) is 12. The Bertz CT molecular complexity index is 983. The van der Waals surface area contributed by atoms with Crippen molar-refractivity contribution in [1.29, 1.82) is 0 Å². The number of rotatable bonds is 40. The second-order valence-corrected chi connectivity index (χ2v) is 18.4. The van der Waals surface area contributed by atoms with E-state index in [-0.39, 0.29) is 72.7 Å². The molecule has 365 valence electrons. The van der Waals surface area contributed by atoms with E-state index in [1.807, 2.05) is 0 Å². The summed E-state index contributed by atoms with van der Waals surface area (Å²) in [6, 6.07) is 0. The van der Waals surface area contributed by atoms with Gasteiger partial charge in [-0.3, -0.25) is 19.6 Å². The zero-order valence-electron chi connectivity index (χ0n) is 40.0. The van der Waals surface area contributed by atoms with Gasteiger partial charge in [0.1, 0.15) is 0 Å². The first-order valence-electron chi connectivity index (χ1n) is 25.5. The number of carboxylic acids is 3. The molecule has 0 amide bonds. The number of β-amino-alcohol motifs (C(OH)–C–C–N with tert-alkyl or cyclic N) is 1. The Hall–Kier alpha value is -0.505. The molecule has 0 aromatic heterocycles. The fourth-order valence-corrected chi connectivity index (χ4v) is 8.79. The van der Waals surface area contributed by atoms with Gasteiger partial charge in [0, 0.05) is 85.1 Å². The van der Waals surface area contributed by atoms with Crippen molar-refractivity contribution in [3.63, 3.8) is 0 Å². The summed E-state index contributed by atoms with van der Waals surface area (Å²) in [5, 5.41) is 46.2. The first kappa shape index (κ1) is 61.5. The predicted molar refractivity (Wildman–Crippen MR) is 244 cm³/mol. The molecular formula is C49H94GdN5O7. The third-order valence-electron chi connectivity index (χ3n) is 12.6.